The zero-order valence-corrected chi connectivity index (χ0v) is 9.93. The first-order valence-corrected chi connectivity index (χ1v) is 7.64. The molecular formula is C10H20N2O2S. The van der Waals surface area contributed by atoms with Crippen molar-refractivity contribution in [1.29, 1.82) is 0 Å². The lowest BCUT2D eigenvalue weighted by molar-refractivity contribution is 0.279. The van der Waals surface area contributed by atoms with Crippen LogP contribution in [0.4, 0.5) is 0 Å². The van der Waals surface area contributed by atoms with Gasteiger partial charge in [0.15, 0.2) is 9.84 Å². The molecule has 2 aliphatic heterocycles. The summed E-state index contributed by atoms with van der Waals surface area (Å²) in [5, 5.41) is 3.47. The number of sulfone groups is 1. The molecule has 2 rings (SSSR count). The number of nitrogens with one attached hydrogen (secondary N) is 1. The second-order valence-corrected chi connectivity index (χ2v) is 6.88. The van der Waals surface area contributed by atoms with Crippen molar-refractivity contribution < 1.29 is 8.42 Å². The molecule has 0 aromatic rings. The van der Waals surface area contributed by atoms with Crippen LogP contribution in [0.15, 0.2) is 0 Å². The summed E-state index contributed by atoms with van der Waals surface area (Å²) < 4.78 is 22.4. The molecule has 2 saturated heterocycles. The summed E-state index contributed by atoms with van der Waals surface area (Å²) in [4.78, 5) is 2.28. The number of rotatable bonds is 3. The van der Waals surface area contributed by atoms with Crippen LogP contribution in [0.1, 0.15) is 19.3 Å². The van der Waals surface area contributed by atoms with Gasteiger partial charge in [-0.15, -0.1) is 0 Å². The third kappa shape index (κ3) is 3.43. The zero-order valence-electron chi connectivity index (χ0n) is 9.11. The Morgan fingerprint density at radius 2 is 2.00 bits per heavy atom. The Bertz CT molecular complexity index is 283. The van der Waals surface area contributed by atoms with Crippen molar-refractivity contribution in [3.05, 3.63) is 0 Å². The summed E-state index contributed by atoms with van der Waals surface area (Å²) >= 11 is 0. The fraction of sp³-hybridized carbons (Fsp3) is 1.00. The maximum Gasteiger partial charge on any atom is 0.152 e. The zero-order chi connectivity index (χ0) is 10.7. The van der Waals surface area contributed by atoms with E-state index in [0.29, 0.717) is 17.5 Å². The lowest BCUT2D eigenvalue weighted by Gasteiger charge is -2.27. The lowest BCUT2D eigenvalue weighted by Crippen LogP contribution is -2.42. The molecule has 2 fully saturated rings. The molecule has 0 spiro atoms. The molecule has 1 atom stereocenters. The first kappa shape index (κ1) is 11.4. The van der Waals surface area contributed by atoms with Gasteiger partial charge in [-0.2, -0.15) is 0 Å². The number of nitrogens with zero attached hydrogens (tertiary/aromatic N) is 1. The monoisotopic (exact) mass is 232 g/mol. The maximum atomic E-state index is 11.2. The minimum absolute atomic E-state index is 0.352. The minimum Gasteiger partial charge on any atom is -0.314 e. The van der Waals surface area contributed by atoms with Crippen molar-refractivity contribution in [2.45, 2.75) is 25.3 Å². The standard InChI is InChI=1S/C10H20N2O2S/c13-15(14)8-6-12(7-9-15)5-3-10-2-1-4-11-10/h10-11H,1-9H2. The van der Waals surface area contributed by atoms with E-state index in [0.717, 1.165) is 26.2 Å². The summed E-state index contributed by atoms with van der Waals surface area (Å²) in [6.45, 7) is 3.66. The maximum absolute atomic E-state index is 11.2. The topological polar surface area (TPSA) is 49.4 Å². The van der Waals surface area contributed by atoms with Crippen molar-refractivity contribution in [1.82, 2.24) is 10.2 Å². The van der Waals surface area contributed by atoms with Crippen LogP contribution < -0.4 is 5.32 Å². The summed E-state index contributed by atoms with van der Waals surface area (Å²) in [5.41, 5.74) is 0. The number of hydrogen-bond acceptors (Lipinski definition) is 4. The van der Waals surface area contributed by atoms with Crippen LogP contribution in [-0.4, -0.2) is 57.0 Å². The van der Waals surface area contributed by atoms with Crippen LogP contribution in [0.5, 0.6) is 0 Å². The predicted octanol–water partition coefficient (Wildman–Crippen LogP) is -0.141. The van der Waals surface area contributed by atoms with E-state index in [4.69, 9.17) is 0 Å². The van der Waals surface area contributed by atoms with Crippen LogP contribution >= 0.6 is 0 Å². The third-order valence-corrected chi connectivity index (χ3v) is 5.00. The van der Waals surface area contributed by atoms with E-state index in [2.05, 4.69) is 10.2 Å². The Morgan fingerprint density at radius 3 is 2.60 bits per heavy atom. The molecular weight excluding hydrogens is 212 g/mol. The van der Waals surface area contributed by atoms with Crippen molar-refractivity contribution in [2.75, 3.05) is 37.7 Å². The lowest BCUT2D eigenvalue weighted by atomic mass is 10.1. The summed E-state index contributed by atoms with van der Waals surface area (Å²) in [5.74, 6) is 0.705. The summed E-state index contributed by atoms with van der Waals surface area (Å²) in [6.07, 6.45) is 3.74. The molecule has 0 aliphatic carbocycles. The van der Waals surface area contributed by atoms with Crippen molar-refractivity contribution in [2.24, 2.45) is 0 Å². The highest BCUT2D eigenvalue weighted by Crippen LogP contribution is 2.11. The molecule has 0 aromatic heterocycles. The molecule has 5 heteroatoms. The molecule has 0 bridgehead atoms. The van der Waals surface area contributed by atoms with Gasteiger partial charge in [0.2, 0.25) is 0 Å². The van der Waals surface area contributed by atoms with Gasteiger partial charge in [-0.05, 0) is 32.4 Å². The first-order valence-electron chi connectivity index (χ1n) is 5.82. The van der Waals surface area contributed by atoms with Gasteiger partial charge in [0, 0.05) is 19.1 Å². The Balaban J connectivity index is 1.68. The van der Waals surface area contributed by atoms with Gasteiger partial charge in [-0.1, -0.05) is 0 Å². The van der Waals surface area contributed by atoms with E-state index >= 15 is 0 Å². The molecule has 0 aromatic carbocycles. The van der Waals surface area contributed by atoms with E-state index in [1.54, 1.807) is 0 Å². The normalized spacial score (nSPS) is 31.9. The Morgan fingerprint density at radius 1 is 1.27 bits per heavy atom. The first-order chi connectivity index (χ1) is 7.16. The molecule has 4 nitrogen and oxygen atoms in total. The van der Waals surface area contributed by atoms with Crippen molar-refractivity contribution in [3.63, 3.8) is 0 Å². The highest BCUT2D eigenvalue weighted by molar-refractivity contribution is 7.91. The van der Waals surface area contributed by atoms with E-state index in [1.165, 1.54) is 19.3 Å². The van der Waals surface area contributed by atoms with Crippen LogP contribution in [0.2, 0.25) is 0 Å². The molecule has 0 amide bonds. The van der Waals surface area contributed by atoms with E-state index in [-0.39, 0.29) is 0 Å². The van der Waals surface area contributed by atoms with Gasteiger partial charge >= 0.3 is 0 Å². The highest BCUT2D eigenvalue weighted by Gasteiger charge is 2.22. The van der Waals surface area contributed by atoms with Crippen LogP contribution in [0, 0.1) is 0 Å². The van der Waals surface area contributed by atoms with E-state index in [1.807, 2.05) is 0 Å². The Kier molecular flexibility index (Phi) is 3.64. The van der Waals surface area contributed by atoms with Crippen molar-refractivity contribution >= 4 is 9.84 Å². The minimum atomic E-state index is -2.71. The molecule has 0 saturated carbocycles. The quantitative estimate of drug-likeness (QED) is 0.736. The Hall–Kier alpha value is -0.130. The fourth-order valence-electron chi connectivity index (χ4n) is 2.32. The number of hydrogen-bond donors (Lipinski definition) is 1. The Labute approximate surface area is 91.9 Å². The molecule has 15 heavy (non-hydrogen) atoms. The average Bonchev–Trinajstić information content (AvgIpc) is 2.69. The van der Waals surface area contributed by atoms with Gasteiger partial charge in [0.1, 0.15) is 0 Å². The third-order valence-electron chi connectivity index (χ3n) is 3.39. The van der Waals surface area contributed by atoms with Gasteiger partial charge in [0.25, 0.3) is 0 Å². The predicted molar refractivity (Wildman–Crippen MR) is 60.7 cm³/mol. The molecule has 1 N–H and O–H groups in total. The van der Waals surface area contributed by atoms with Gasteiger partial charge in [-0.3, -0.25) is 0 Å². The van der Waals surface area contributed by atoms with Crippen LogP contribution in [-0.2, 0) is 9.84 Å². The highest BCUT2D eigenvalue weighted by atomic mass is 32.2. The summed E-state index contributed by atoms with van der Waals surface area (Å²) in [7, 11) is -2.71. The second kappa shape index (κ2) is 4.80. The van der Waals surface area contributed by atoms with Gasteiger partial charge < -0.3 is 10.2 Å². The molecule has 0 radical (unpaired) electrons. The van der Waals surface area contributed by atoms with Crippen LogP contribution in [0.25, 0.3) is 0 Å². The van der Waals surface area contributed by atoms with E-state index in [9.17, 15) is 8.42 Å². The smallest absolute Gasteiger partial charge is 0.152 e. The fourth-order valence-corrected chi connectivity index (χ4v) is 3.59. The molecule has 88 valence electrons. The molecule has 2 aliphatic rings. The van der Waals surface area contributed by atoms with Gasteiger partial charge in [0.05, 0.1) is 11.5 Å². The largest absolute Gasteiger partial charge is 0.314 e. The second-order valence-electron chi connectivity index (χ2n) is 4.58. The summed E-state index contributed by atoms with van der Waals surface area (Å²) in [6, 6.07) is 0.670. The van der Waals surface area contributed by atoms with E-state index < -0.39 is 9.84 Å². The molecule has 2 heterocycles. The van der Waals surface area contributed by atoms with Crippen molar-refractivity contribution in [3.8, 4) is 0 Å². The molecule has 1 unspecified atom stereocenters. The van der Waals surface area contributed by atoms with Crippen LogP contribution in [0.3, 0.4) is 0 Å². The SMILES string of the molecule is O=S1(=O)CCN(CCC2CCCN2)CC1. The van der Waals surface area contributed by atoms with Gasteiger partial charge in [-0.25, -0.2) is 8.42 Å². The average molecular weight is 232 g/mol.